The first-order valence-electron chi connectivity index (χ1n) is 8.84. The summed E-state index contributed by atoms with van der Waals surface area (Å²) in [5.74, 6) is -1.10. The van der Waals surface area contributed by atoms with Gasteiger partial charge in [-0.1, -0.05) is 30.3 Å². The molecule has 1 fully saturated rings. The number of carboxylic acid groups (broad SMARTS) is 1. The van der Waals surface area contributed by atoms with Gasteiger partial charge < -0.3 is 15.3 Å². The Morgan fingerprint density at radius 3 is 2.62 bits per heavy atom. The molecule has 7 heteroatoms. The fourth-order valence-electron chi connectivity index (χ4n) is 3.05. The maximum atomic E-state index is 12.2. The van der Waals surface area contributed by atoms with Crippen molar-refractivity contribution in [2.45, 2.75) is 32.2 Å². The minimum atomic E-state index is -0.768. The lowest BCUT2D eigenvalue weighted by atomic mass is 9.97. The topological polar surface area (TPSA) is 82.5 Å². The maximum absolute atomic E-state index is 12.2. The second-order valence-electron chi connectivity index (χ2n) is 6.48. The molecule has 0 atom stereocenters. The molecule has 2 N–H and O–H groups in total. The molecule has 2 heterocycles. The third-order valence-corrected chi connectivity index (χ3v) is 5.58. The van der Waals surface area contributed by atoms with Gasteiger partial charge in [-0.2, -0.15) is 0 Å². The van der Waals surface area contributed by atoms with Crippen LogP contribution in [0.5, 0.6) is 0 Å². The quantitative estimate of drug-likeness (QED) is 0.816. The Bertz CT molecular complexity index is 739. The highest BCUT2D eigenvalue weighted by Crippen LogP contribution is 2.17. The van der Waals surface area contributed by atoms with Crippen LogP contribution in [0.1, 0.15) is 29.1 Å². The van der Waals surface area contributed by atoms with E-state index in [2.05, 4.69) is 22.4 Å². The highest BCUT2D eigenvalue weighted by atomic mass is 32.1. The number of piperidine rings is 1. The summed E-state index contributed by atoms with van der Waals surface area (Å²) in [6, 6.07) is 10.2. The van der Waals surface area contributed by atoms with Crippen molar-refractivity contribution in [2.75, 3.05) is 13.1 Å². The lowest BCUT2D eigenvalue weighted by molar-refractivity contribution is -0.143. The molecule has 6 nitrogen and oxygen atoms in total. The number of likely N-dealkylation sites (tertiary alicyclic amines) is 1. The SMILES string of the molecule is O=C(O)C1CCN(C(=O)NCc2csc(CCc3ccccc3)n2)CC1. The van der Waals surface area contributed by atoms with Gasteiger partial charge in [-0.25, -0.2) is 9.78 Å². The van der Waals surface area contributed by atoms with Gasteiger partial charge in [0.05, 0.1) is 23.2 Å². The van der Waals surface area contributed by atoms with Crippen molar-refractivity contribution < 1.29 is 14.7 Å². The Morgan fingerprint density at radius 2 is 1.92 bits per heavy atom. The Balaban J connectivity index is 1.42. The second-order valence-corrected chi connectivity index (χ2v) is 7.42. The Kier molecular flexibility index (Phi) is 6.22. The highest BCUT2D eigenvalue weighted by molar-refractivity contribution is 7.09. The van der Waals surface area contributed by atoms with Gasteiger partial charge in [-0.3, -0.25) is 4.79 Å². The number of amides is 2. The van der Waals surface area contributed by atoms with Crippen LogP contribution in [0, 0.1) is 5.92 Å². The zero-order chi connectivity index (χ0) is 18.4. The molecule has 0 aliphatic carbocycles. The van der Waals surface area contributed by atoms with Gasteiger partial charge in [0.1, 0.15) is 0 Å². The van der Waals surface area contributed by atoms with Gasteiger partial charge in [0.2, 0.25) is 0 Å². The van der Waals surface area contributed by atoms with Crippen LogP contribution in [0.4, 0.5) is 4.79 Å². The lowest BCUT2D eigenvalue weighted by Gasteiger charge is -2.30. The Labute approximate surface area is 156 Å². The van der Waals surface area contributed by atoms with E-state index in [4.69, 9.17) is 5.11 Å². The van der Waals surface area contributed by atoms with Gasteiger partial charge in [-0.05, 0) is 24.8 Å². The van der Waals surface area contributed by atoms with Crippen LogP contribution in [-0.4, -0.2) is 40.1 Å². The molecule has 1 aromatic heterocycles. The Morgan fingerprint density at radius 1 is 1.19 bits per heavy atom. The van der Waals surface area contributed by atoms with Gasteiger partial charge >= 0.3 is 12.0 Å². The number of benzene rings is 1. The molecule has 0 bridgehead atoms. The van der Waals surface area contributed by atoms with E-state index < -0.39 is 5.97 Å². The summed E-state index contributed by atoms with van der Waals surface area (Å²) in [5.41, 5.74) is 2.16. The van der Waals surface area contributed by atoms with E-state index in [1.54, 1.807) is 16.2 Å². The van der Waals surface area contributed by atoms with Gasteiger partial charge in [0.25, 0.3) is 0 Å². The summed E-state index contributed by atoms with van der Waals surface area (Å²) >= 11 is 1.62. The maximum Gasteiger partial charge on any atom is 0.317 e. The lowest BCUT2D eigenvalue weighted by Crippen LogP contribution is -2.45. The van der Waals surface area contributed by atoms with Crippen molar-refractivity contribution in [1.82, 2.24) is 15.2 Å². The van der Waals surface area contributed by atoms with Crippen LogP contribution in [0.15, 0.2) is 35.7 Å². The number of aryl methyl sites for hydroxylation is 2. The fraction of sp³-hybridized carbons (Fsp3) is 0.421. The predicted molar refractivity (Wildman–Crippen MR) is 100 cm³/mol. The number of hydrogen-bond donors (Lipinski definition) is 2. The number of carbonyl (C=O) groups is 2. The Hall–Kier alpha value is -2.41. The zero-order valence-electron chi connectivity index (χ0n) is 14.6. The van der Waals surface area contributed by atoms with E-state index in [1.165, 1.54) is 5.56 Å². The molecule has 1 aliphatic rings. The molecule has 0 saturated carbocycles. The number of carboxylic acids is 1. The normalized spacial score (nSPS) is 15.0. The molecule has 2 aromatic rings. The van der Waals surface area contributed by atoms with Crippen molar-refractivity contribution in [3.63, 3.8) is 0 Å². The van der Waals surface area contributed by atoms with E-state index in [1.807, 2.05) is 23.6 Å². The molecule has 0 spiro atoms. The number of urea groups is 1. The number of hydrogen-bond acceptors (Lipinski definition) is 4. The summed E-state index contributed by atoms with van der Waals surface area (Å²) in [4.78, 5) is 29.4. The van der Waals surface area contributed by atoms with Gasteiger partial charge in [0, 0.05) is 24.9 Å². The number of rotatable bonds is 6. The van der Waals surface area contributed by atoms with E-state index in [0.29, 0.717) is 32.5 Å². The van der Waals surface area contributed by atoms with Crippen LogP contribution in [0.2, 0.25) is 0 Å². The van der Waals surface area contributed by atoms with Crippen LogP contribution in [0.25, 0.3) is 0 Å². The molecule has 2 amide bonds. The molecular weight excluding hydrogens is 350 g/mol. The molecule has 26 heavy (non-hydrogen) atoms. The van der Waals surface area contributed by atoms with Crippen LogP contribution in [0.3, 0.4) is 0 Å². The van der Waals surface area contributed by atoms with Crippen molar-refractivity contribution in [1.29, 1.82) is 0 Å². The first kappa shape index (κ1) is 18.4. The minimum absolute atomic E-state index is 0.146. The molecule has 3 rings (SSSR count). The number of aromatic nitrogens is 1. The molecule has 1 saturated heterocycles. The summed E-state index contributed by atoms with van der Waals surface area (Å²) in [5, 5.41) is 14.9. The molecule has 0 radical (unpaired) electrons. The fourth-order valence-corrected chi connectivity index (χ4v) is 3.85. The van der Waals surface area contributed by atoms with E-state index >= 15 is 0 Å². The summed E-state index contributed by atoms with van der Waals surface area (Å²) in [6.07, 6.45) is 2.89. The van der Waals surface area contributed by atoms with Crippen molar-refractivity contribution in [3.05, 3.63) is 52.0 Å². The van der Waals surface area contributed by atoms with Crippen molar-refractivity contribution in [3.8, 4) is 0 Å². The highest BCUT2D eigenvalue weighted by Gasteiger charge is 2.26. The van der Waals surface area contributed by atoms with E-state index in [9.17, 15) is 9.59 Å². The molecule has 0 unspecified atom stereocenters. The predicted octanol–water partition coefficient (Wildman–Crippen LogP) is 2.93. The standard InChI is InChI=1S/C19H23N3O3S/c23-18(24)15-8-10-22(11-9-15)19(25)20-12-16-13-26-17(21-16)7-6-14-4-2-1-3-5-14/h1-5,13,15H,6-12H2,(H,20,25)(H,23,24). The summed E-state index contributed by atoms with van der Waals surface area (Å²) < 4.78 is 0. The third kappa shape index (κ3) is 5.05. The number of aliphatic carboxylic acids is 1. The first-order valence-corrected chi connectivity index (χ1v) is 9.72. The monoisotopic (exact) mass is 373 g/mol. The second kappa shape index (κ2) is 8.80. The first-order chi connectivity index (χ1) is 12.6. The smallest absolute Gasteiger partial charge is 0.317 e. The number of thiazole rings is 1. The summed E-state index contributed by atoms with van der Waals surface area (Å²) in [7, 11) is 0. The molecule has 1 aliphatic heterocycles. The number of carbonyl (C=O) groups excluding carboxylic acids is 1. The average Bonchev–Trinajstić information content (AvgIpc) is 3.13. The van der Waals surface area contributed by atoms with Crippen LogP contribution in [-0.2, 0) is 24.2 Å². The minimum Gasteiger partial charge on any atom is -0.481 e. The van der Waals surface area contributed by atoms with Crippen molar-refractivity contribution >= 4 is 23.3 Å². The average molecular weight is 373 g/mol. The van der Waals surface area contributed by atoms with Gasteiger partial charge in [-0.15, -0.1) is 11.3 Å². The summed E-state index contributed by atoms with van der Waals surface area (Å²) in [6.45, 7) is 1.38. The zero-order valence-corrected chi connectivity index (χ0v) is 15.4. The van der Waals surface area contributed by atoms with Crippen LogP contribution < -0.4 is 5.32 Å². The largest absolute Gasteiger partial charge is 0.481 e. The van der Waals surface area contributed by atoms with Crippen LogP contribution >= 0.6 is 11.3 Å². The van der Waals surface area contributed by atoms with Crippen molar-refractivity contribution in [2.24, 2.45) is 5.92 Å². The molecular formula is C19H23N3O3S. The van der Waals surface area contributed by atoms with E-state index in [-0.39, 0.29) is 11.9 Å². The number of nitrogens with one attached hydrogen (secondary N) is 1. The molecule has 138 valence electrons. The third-order valence-electron chi connectivity index (χ3n) is 4.62. The molecule has 1 aromatic carbocycles. The number of nitrogens with zero attached hydrogens (tertiary/aromatic N) is 2. The van der Waals surface area contributed by atoms with E-state index in [0.717, 1.165) is 23.5 Å². The van der Waals surface area contributed by atoms with Gasteiger partial charge in [0.15, 0.2) is 0 Å².